The maximum Gasteiger partial charge on any atom is 0.275 e. The summed E-state index contributed by atoms with van der Waals surface area (Å²) in [6.07, 6.45) is 1.51. The zero-order chi connectivity index (χ0) is 9.72. The molecule has 12 heavy (non-hydrogen) atoms. The highest BCUT2D eigenvalue weighted by atomic mass is 16.6. The van der Waals surface area contributed by atoms with Crippen LogP contribution in [0, 0.1) is 10.1 Å². The molecule has 0 atom stereocenters. The van der Waals surface area contributed by atoms with Crippen LogP contribution in [0.3, 0.4) is 0 Å². The number of hydrogen-bond acceptors (Lipinski definition) is 4. The van der Waals surface area contributed by atoms with Crippen molar-refractivity contribution in [1.29, 1.82) is 0 Å². The van der Waals surface area contributed by atoms with Gasteiger partial charge >= 0.3 is 0 Å². The molecule has 0 radical (unpaired) electrons. The van der Waals surface area contributed by atoms with Crippen LogP contribution in [0.5, 0.6) is 0 Å². The summed E-state index contributed by atoms with van der Waals surface area (Å²) in [4.78, 5) is 13.5. The third-order valence-corrected chi connectivity index (χ3v) is 1.12. The maximum absolute atomic E-state index is 10.5. The predicted octanol–water partition coefficient (Wildman–Crippen LogP) is 0.228. The van der Waals surface area contributed by atoms with Crippen molar-refractivity contribution >= 4 is 0 Å². The van der Waals surface area contributed by atoms with Crippen molar-refractivity contribution in [3.05, 3.63) is 22.0 Å². The Hall–Kier alpha value is -1.10. The maximum atomic E-state index is 10.5. The molecule has 0 aromatic heterocycles. The van der Waals surface area contributed by atoms with Gasteiger partial charge in [0.1, 0.15) is 0 Å². The van der Waals surface area contributed by atoms with E-state index in [0.29, 0.717) is 6.54 Å². The molecule has 0 N–H and O–H groups in total. The number of nitro groups is 1. The summed E-state index contributed by atoms with van der Waals surface area (Å²) in [6.45, 7) is 0.352. The summed E-state index contributed by atoms with van der Waals surface area (Å²) in [6, 6.07) is 0. The summed E-state index contributed by atoms with van der Waals surface area (Å²) in [5.41, 5.74) is 0.199. The molecule has 0 aliphatic carbocycles. The highest BCUT2D eigenvalue weighted by Crippen LogP contribution is 1.97. The van der Waals surface area contributed by atoms with E-state index in [1.807, 2.05) is 0 Å². The van der Waals surface area contributed by atoms with Crippen molar-refractivity contribution in [1.82, 2.24) is 9.80 Å². The van der Waals surface area contributed by atoms with Crippen LogP contribution in [0.4, 0.5) is 0 Å². The van der Waals surface area contributed by atoms with Crippen molar-refractivity contribution < 1.29 is 4.92 Å². The Bertz CT molecular complexity index is 187. The molecule has 0 rings (SSSR count). The average molecular weight is 173 g/mol. The average Bonchev–Trinajstić information content (AvgIpc) is 1.83. The van der Waals surface area contributed by atoms with Crippen LogP contribution in [0.15, 0.2) is 11.9 Å². The summed E-state index contributed by atoms with van der Waals surface area (Å²) >= 11 is 0. The van der Waals surface area contributed by atoms with Gasteiger partial charge in [0.2, 0.25) is 0 Å². The van der Waals surface area contributed by atoms with Crippen molar-refractivity contribution in [2.24, 2.45) is 0 Å². The molecule has 5 nitrogen and oxygen atoms in total. The van der Waals surface area contributed by atoms with Gasteiger partial charge in [-0.15, -0.1) is 0 Å². The molecule has 70 valence electrons. The first-order valence-electron chi connectivity index (χ1n) is 3.59. The fraction of sp³-hybridized carbons (Fsp3) is 0.714. The van der Waals surface area contributed by atoms with Gasteiger partial charge in [-0.2, -0.15) is 0 Å². The molecule has 0 aliphatic rings. The number of rotatable bonds is 4. The Kier molecular flexibility index (Phi) is 4.28. The van der Waals surface area contributed by atoms with Crippen LogP contribution in [0.1, 0.15) is 0 Å². The fourth-order valence-electron chi connectivity index (χ4n) is 0.768. The lowest BCUT2D eigenvalue weighted by atomic mass is 10.4. The van der Waals surface area contributed by atoms with Gasteiger partial charge in [-0.05, 0) is 14.1 Å². The molecule has 0 unspecified atom stereocenters. The van der Waals surface area contributed by atoms with Gasteiger partial charge in [0, 0.05) is 14.1 Å². The monoisotopic (exact) mass is 173 g/mol. The van der Waals surface area contributed by atoms with Gasteiger partial charge in [-0.3, -0.25) is 15.0 Å². The quantitative estimate of drug-likeness (QED) is 0.451. The minimum absolute atomic E-state index is 0.199. The lowest BCUT2D eigenvalue weighted by molar-refractivity contribution is -0.428. The number of hydrogen-bond donors (Lipinski definition) is 0. The molecule has 0 bridgehead atoms. The molecule has 0 saturated carbocycles. The van der Waals surface area contributed by atoms with Gasteiger partial charge in [-0.1, -0.05) is 0 Å². The van der Waals surface area contributed by atoms with E-state index in [4.69, 9.17) is 0 Å². The summed E-state index contributed by atoms with van der Waals surface area (Å²) < 4.78 is 0. The van der Waals surface area contributed by atoms with Gasteiger partial charge in [0.15, 0.2) is 0 Å². The molecule has 0 amide bonds. The minimum Gasteiger partial charge on any atom is -0.378 e. The van der Waals surface area contributed by atoms with Gasteiger partial charge in [0.05, 0.1) is 17.7 Å². The van der Waals surface area contributed by atoms with Crippen molar-refractivity contribution in [2.45, 2.75) is 0 Å². The zero-order valence-corrected chi connectivity index (χ0v) is 7.94. The van der Waals surface area contributed by atoms with Gasteiger partial charge in [-0.25, -0.2) is 0 Å². The highest BCUT2D eigenvalue weighted by molar-refractivity contribution is 4.92. The molecule has 0 aromatic carbocycles. The van der Waals surface area contributed by atoms with Crippen molar-refractivity contribution in [3.8, 4) is 0 Å². The fourth-order valence-corrected chi connectivity index (χ4v) is 0.768. The molecule has 0 saturated heterocycles. The third-order valence-electron chi connectivity index (χ3n) is 1.12. The van der Waals surface area contributed by atoms with Crippen LogP contribution in [-0.2, 0) is 0 Å². The second-order valence-electron chi connectivity index (χ2n) is 3.08. The van der Waals surface area contributed by atoms with E-state index in [2.05, 4.69) is 0 Å². The van der Waals surface area contributed by atoms with E-state index >= 15 is 0 Å². The van der Waals surface area contributed by atoms with Crippen LogP contribution in [0.25, 0.3) is 0 Å². The summed E-state index contributed by atoms with van der Waals surface area (Å²) in [5, 5.41) is 10.5. The Balaban J connectivity index is 4.34. The Morgan fingerprint density at radius 3 is 2.17 bits per heavy atom. The minimum atomic E-state index is -0.361. The summed E-state index contributed by atoms with van der Waals surface area (Å²) in [7, 11) is 7.12. The highest BCUT2D eigenvalue weighted by Gasteiger charge is 2.11. The molecule has 0 fully saturated rings. The standard InChI is InChI=1S/C7H15N3O2/c1-8(2)5-7(10(11)12)6-9(3)4/h5H,6H2,1-4H3/b7-5-. The molecule has 0 aliphatic heterocycles. The van der Waals surface area contributed by atoms with Gasteiger partial charge in [0.25, 0.3) is 5.70 Å². The van der Waals surface area contributed by atoms with Crippen molar-refractivity contribution in [2.75, 3.05) is 34.7 Å². The van der Waals surface area contributed by atoms with E-state index in [0.717, 1.165) is 0 Å². The normalized spacial score (nSPS) is 11.9. The largest absolute Gasteiger partial charge is 0.378 e. The second-order valence-corrected chi connectivity index (χ2v) is 3.08. The number of likely N-dealkylation sites (N-methyl/N-ethyl adjacent to an activating group) is 1. The van der Waals surface area contributed by atoms with E-state index in [9.17, 15) is 10.1 Å². The SMILES string of the molecule is CN(C)/C=C(/CN(C)C)[N+](=O)[O-]. The lowest BCUT2D eigenvalue weighted by Gasteiger charge is -2.09. The topological polar surface area (TPSA) is 49.6 Å². The van der Waals surface area contributed by atoms with Crippen LogP contribution in [0.2, 0.25) is 0 Å². The summed E-state index contributed by atoms with van der Waals surface area (Å²) in [5.74, 6) is 0. The van der Waals surface area contributed by atoms with Crippen LogP contribution >= 0.6 is 0 Å². The smallest absolute Gasteiger partial charge is 0.275 e. The molecular weight excluding hydrogens is 158 g/mol. The van der Waals surface area contributed by atoms with E-state index in [1.54, 1.807) is 38.0 Å². The molecule has 0 heterocycles. The molecule has 0 spiro atoms. The zero-order valence-electron chi connectivity index (χ0n) is 7.94. The van der Waals surface area contributed by atoms with E-state index in [-0.39, 0.29) is 10.6 Å². The first-order chi connectivity index (χ1) is 5.43. The van der Waals surface area contributed by atoms with Crippen LogP contribution < -0.4 is 0 Å². The second kappa shape index (κ2) is 4.71. The Labute approximate surface area is 72.4 Å². The molecule has 0 aromatic rings. The Morgan fingerprint density at radius 2 is 1.92 bits per heavy atom. The first kappa shape index (κ1) is 10.9. The first-order valence-corrected chi connectivity index (χ1v) is 3.59. The lowest BCUT2D eigenvalue weighted by Crippen LogP contribution is -2.21. The van der Waals surface area contributed by atoms with Crippen molar-refractivity contribution in [3.63, 3.8) is 0 Å². The predicted molar refractivity (Wildman–Crippen MR) is 47.3 cm³/mol. The van der Waals surface area contributed by atoms with Crippen LogP contribution in [-0.4, -0.2) is 49.5 Å². The molecule has 5 heteroatoms. The number of nitrogens with zero attached hydrogens (tertiary/aromatic N) is 3. The Morgan fingerprint density at radius 1 is 1.42 bits per heavy atom. The third kappa shape index (κ3) is 4.68. The molecular formula is C7H15N3O2. The van der Waals surface area contributed by atoms with E-state index < -0.39 is 0 Å². The van der Waals surface area contributed by atoms with E-state index in [1.165, 1.54) is 6.20 Å². The van der Waals surface area contributed by atoms with Gasteiger partial charge < -0.3 is 4.90 Å².